The first-order valence-electron chi connectivity index (χ1n) is 12.1. The maximum Gasteiger partial charge on any atom is 0.225 e. The second-order valence-electron chi connectivity index (χ2n) is 9.12. The maximum atomic E-state index is 13.5. The summed E-state index contributed by atoms with van der Waals surface area (Å²) in [5.74, 6) is 1.51. The van der Waals surface area contributed by atoms with Crippen LogP contribution in [0.2, 0.25) is 0 Å². The molecule has 0 saturated carbocycles. The predicted octanol–water partition coefficient (Wildman–Crippen LogP) is 4.40. The Morgan fingerprint density at radius 2 is 1.60 bits per heavy atom. The number of amides is 1. The quantitative estimate of drug-likeness (QED) is 0.456. The molecule has 4 aromatic rings. The lowest BCUT2D eigenvalue weighted by molar-refractivity contribution is -0.125. The van der Waals surface area contributed by atoms with E-state index in [1.54, 1.807) is 6.33 Å². The van der Waals surface area contributed by atoms with Crippen LogP contribution in [0.15, 0.2) is 79.1 Å². The summed E-state index contributed by atoms with van der Waals surface area (Å²) in [5, 5.41) is 7.87. The van der Waals surface area contributed by atoms with Gasteiger partial charge in [0.15, 0.2) is 5.82 Å². The van der Waals surface area contributed by atoms with Crippen LogP contribution in [0.25, 0.3) is 5.82 Å². The number of rotatable bonds is 6. The normalized spacial score (nSPS) is 15.9. The Balaban J connectivity index is 1.34. The van der Waals surface area contributed by atoms with Crippen molar-refractivity contribution in [3.8, 4) is 5.82 Å². The lowest BCUT2D eigenvalue weighted by Gasteiger charge is -2.34. The van der Waals surface area contributed by atoms with Crippen molar-refractivity contribution >= 4 is 11.7 Å². The second kappa shape index (κ2) is 10.1. The Morgan fingerprint density at radius 1 is 0.943 bits per heavy atom. The predicted molar refractivity (Wildman–Crippen MR) is 136 cm³/mol. The highest BCUT2D eigenvalue weighted by Crippen LogP contribution is 2.26. The number of benzene rings is 2. The maximum absolute atomic E-state index is 13.5. The number of hydrogen-bond acceptors (Lipinski definition) is 5. The largest absolute Gasteiger partial charge is 0.356 e. The van der Waals surface area contributed by atoms with E-state index in [1.807, 2.05) is 67.1 Å². The van der Waals surface area contributed by atoms with Crippen molar-refractivity contribution in [2.75, 3.05) is 18.0 Å². The fourth-order valence-corrected chi connectivity index (χ4v) is 4.80. The Morgan fingerprint density at radius 3 is 2.23 bits per heavy atom. The van der Waals surface area contributed by atoms with Crippen molar-refractivity contribution < 1.29 is 4.79 Å². The van der Waals surface area contributed by atoms with Crippen molar-refractivity contribution in [1.29, 1.82) is 0 Å². The van der Waals surface area contributed by atoms with Gasteiger partial charge in [-0.2, -0.15) is 5.10 Å². The standard InChI is InChI=1S/C28H30N6O/c1-20-16-21(2)34(32-20)26-17-25(29-19-30-26)33-15-9-14-24(18-33)28(35)31-27(22-10-5-3-6-11-22)23-12-7-4-8-13-23/h3-8,10-13,16-17,19,24,27H,9,14-15,18H2,1-2H3,(H,31,35). The third-order valence-corrected chi connectivity index (χ3v) is 6.53. The van der Waals surface area contributed by atoms with Gasteiger partial charge >= 0.3 is 0 Å². The number of carbonyl (C=O) groups is 1. The monoisotopic (exact) mass is 466 g/mol. The van der Waals surface area contributed by atoms with Gasteiger partial charge in [0, 0.05) is 24.8 Å². The smallest absolute Gasteiger partial charge is 0.225 e. The number of nitrogens with zero attached hydrogens (tertiary/aromatic N) is 5. The summed E-state index contributed by atoms with van der Waals surface area (Å²) in [5.41, 5.74) is 4.12. The van der Waals surface area contributed by atoms with Gasteiger partial charge in [-0.3, -0.25) is 4.79 Å². The molecular formula is C28H30N6O. The zero-order valence-electron chi connectivity index (χ0n) is 20.1. The van der Waals surface area contributed by atoms with Gasteiger partial charge in [-0.25, -0.2) is 14.6 Å². The molecule has 0 radical (unpaired) electrons. The molecule has 3 heterocycles. The van der Waals surface area contributed by atoms with Gasteiger partial charge in [0.05, 0.1) is 17.7 Å². The first-order chi connectivity index (χ1) is 17.1. The molecule has 1 aliphatic rings. The molecule has 7 nitrogen and oxygen atoms in total. The average Bonchev–Trinajstić information content (AvgIpc) is 3.26. The fourth-order valence-electron chi connectivity index (χ4n) is 4.80. The summed E-state index contributed by atoms with van der Waals surface area (Å²) in [6.07, 6.45) is 3.36. The van der Waals surface area contributed by atoms with Crippen LogP contribution in [0.4, 0.5) is 5.82 Å². The summed E-state index contributed by atoms with van der Waals surface area (Å²) in [4.78, 5) is 24.6. The minimum atomic E-state index is -0.183. The highest BCUT2D eigenvalue weighted by Gasteiger charge is 2.29. The number of aromatic nitrogens is 4. The number of carbonyl (C=O) groups excluding carboxylic acids is 1. The van der Waals surface area contributed by atoms with Crippen LogP contribution in [0.1, 0.15) is 41.4 Å². The van der Waals surface area contributed by atoms with E-state index < -0.39 is 0 Å². The average molecular weight is 467 g/mol. The van der Waals surface area contributed by atoms with Crippen molar-refractivity contribution in [2.24, 2.45) is 5.92 Å². The number of aryl methyl sites for hydroxylation is 2. The zero-order chi connectivity index (χ0) is 24.2. The van der Waals surface area contributed by atoms with Crippen molar-refractivity contribution in [3.05, 3.63) is 102 Å². The highest BCUT2D eigenvalue weighted by atomic mass is 16.2. The number of anilines is 1. The summed E-state index contributed by atoms with van der Waals surface area (Å²) in [6.45, 7) is 5.46. The Hall–Kier alpha value is -4.00. The van der Waals surface area contributed by atoms with E-state index in [0.29, 0.717) is 6.54 Å². The molecule has 5 rings (SSSR count). The van der Waals surface area contributed by atoms with Crippen LogP contribution in [-0.2, 0) is 4.79 Å². The van der Waals surface area contributed by atoms with E-state index in [1.165, 1.54) is 0 Å². The highest BCUT2D eigenvalue weighted by molar-refractivity contribution is 5.80. The van der Waals surface area contributed by atoms with Gasteiger partial charge in [-0.05, 0) is 43.9 Å². The van der Waals surface area contributed by atoms with Crippen LogP contribution in [0, 0.1) is 19.8 Å². The second-order valence-corrected chi connectivity index (χ2v) is 9.12. The molecular weight excluding hydrogens is 436 g/mol. The Labute approximate surface area is 205 Å². The summed E-state index contributed by atoms with van der Waals surface area (Å²) in [7, 11) is 0. The van der Waals surface area contributed by atoms with Gasteiger partial charge < -0.3 is 10.2 Å². The first-order valence-corrected chi connectivity index (χ1v) is 12.1. The molecule has 1 amide bonds. The van der Waals surface area contributed by atoms with Crippen molar-refractivity contribution in [1.82, 2.24) is 25.1 Å². The van der Waals surface area contributed by atoms with E-state index in [0.717, 1.165) is 53.5 Å². The molecule has 1 unspecified atom stereocenters. The SMILES string of the molecule is Cc1cc(C)n(-c2cc(N3CCCC(C(=O)NC(c4ccccc4)c4ccccc4)C3)ncn2)n1. The van der Waals surface area contributed by atoms with E-state index in [9.17, 15) is 4.79 Å². The van der Waals surface area contributed by atoms with Gasteiger partial charge in [-0.1, -0.05) is 60.7 Å². The van der Waals surface area contributed by atoms with E-state index in [-0.39, 0.29) is 17.9 Å². The van der Waals surface area contributed by atoms with Crippen LogP contribution < -0.4 is 10.2 Å². The topological polar surface area (TPSA) is 75.9 Å². The molecule has 7 heteroatoms. The lowest BCUT2D eigenvalue weighted by atomic mass is 9.94. The minimum Gasteiger partial charge on any atom is -0.356 e. The first kappa shape index (κ1) is 22.8. The molecule has 1 N–H and O–H groups in total. The van der Waals surface area contributed by atoms with E-state index >= 15 is 0 Å². The molecule has 0 aliphatic carbocycles. The lowest BCUT2D eigenvalue weighted by Crippen LogP contribution is -2.44. The summed E-state index contributed by atoms with van der Waals surface area (Å²) in [6, 6.07) is 24.1. The van der Waals surface area contributed by atoms with Gasteiger partial charge in [0.25, 0.3) is 0 Å². The Kier molecular flexibility index (Phi) is 6.57. The van der Waals surface area contributed by atoms with Gasteiger partial charge in [0.1, 0.15) is 12.1 Å². The molecule has 1 saturated heterocycles. The molecule has 1 aliphatic heterocycles. The number of piperidine rings is 1. The fraction of sp³-hybridized carbons (Fsp3) is 0.286. The molecule has 0 bridgehead atoms. The van der Waals surface area contributed by atoms with Crippen LogP contribution in [0.5, 0.6) is 0 Å². The van der Waals surface area contributed by atoms with E-state index in [2.05, 4.69) is 49.5 Å². The molecule has 0 spiro atoms. The van der Waals surface area contributed by atoms with Crippen LogP contribution in [0.3, 0.4) is 0 Å². The molecule has 178 valence electrons. The van der Waals surface area contributed by atoms with Gasteiger partial charge in [0.2, 0.25) is 5.91 Å². The number of hydrogen-bond donors (Lipinski definition) is 1. The molecule has 1 atom stereocenters. The molecule has 2 aromatic heterocycles. The number of nitrogens with one attached hydrogen (secondary N) is 1. The molecule has 1 fully saturated rings. The van der Waals surface area contributed by atoms with Gasteiger partial charge in [-0.15, -0.1) is 0 Å². The van der Waals surface area contributed by atoms with E-state index in [4.69, 9.17) is 0 Å². The summed E-state index contributed by atoms with van der Waals surface area (Å²) >= 11 is 0. The molecule has 2 aromatic carbocycles. The third-order valence-electron chi connectivity index (χ3n) is 6.53. The minimum absolute atomic E-state index is 0.0697. The Bertz CT molecular complexity index is 1250. The van der Waals surface area contributed by atoms with Crippen molar-refractivity contribution in [3.63, 3.8) is 0 Å². The third kappa shape index (κ3) is 5.09. The van der Waals surface area contributed by atoms with Crippen LogP contribution in [-0.4, -0.2) is 38.7 Å². The zero-order valence-corrected chi connectivity index (χ0v) is 20.1. The van der Waals surface area contributed by atoms with Crippen LogP contribution >= 0.6 is 0 Å². The summed E-state index contributed by atoms with van der Waals surface area (Å²) < 4.78 is 1.83. The van der Waals surface area contributed by atoms with Crippen molar-refractivity contribution in [2.45, 2.75) is 32.7 Å². The molecule has 35 heavy (non-hydrogen) atoms.